The number of ketones is 1. The van der Waals surface area contributed by atoms with E-state index in [0.29, 0.717) is 28.1 Å². The number of esters is 1. The van der Waals surface area contributed by atoms with Gasteiger partial charge in [0, 0.05) is 28.8 Å². The minimum atomic E-state index is -0.613. The van der Waals surface area contributed by atoms with Gasteiger partial charge in [0.15, 0.2) is 12.4 Å². The number of hydrogen-bond acceptors (Lipinski definition) is 7. The first-order valence-electron chi connectivity index (χ1n) is 10.6. The summed E-state index contributed by atoms with van der Waals surface area (Å²) in [6.07, 6.45) is 4.39. The van der Waals surface area contributed by atoms with Crippen LogP contribution >= 0.6 is 0 Å². The van der Waals surface area contributed by atoms with Gasteiger partial charge in [-0.2, -0.15) is 0 Å². The molecule has 0 N–H and O–H groups in total. The van der Waals surface area contributed by atoms with Crippen LogP contribution in [-0.4, -0.2) is 38.3 Å². The molecule has 9 nitrogen and oxygen atoms in total. The highest BCUT2D eigenvalue weighted by molar-refractivity contribution is 5.99. The number of carbonyl (C=O) groups is 2. The normalized spacial score (nSPS) is 10.9. The summed E-state index contributed by atoms with van der Waals surface area (Å²) < 4.78 is 6.57. The van der Waals surface area contributed by atoms with Crippen molar-refractivity contribution in [2.75, 3.05) is 6.61 Å². The van der Waals surface area contributed by atoms with E-state index < -0.39 is 10.9 Å². The van der Waals surface area contributed by atoms with Gasteiger partial charge in [-0.25, -0.2) is 9.48 Å². The second-order valence-corrected chi connectivity index (χ2v) is 7.61. The first-order valence-corrected chi connectivity index (χ1v) is 10.6. The number of ether oxygens (including phenoxy) is 1. The molecule has 0 aliphatic carbocycles. The smallest absolute Gasteiger partial charge is 0.331 e. The summed E-state index contributed by atoms with van der Waals surface area (Å²) in [5.74, 6) is -0.968. The topological polar surface area (TPSA) is 117 Å². The van der Waals surface area contributed by atoms with Gasteiger partial charge in [-0.15, -0.1) is 5.10 Å². The molecule has 9 heteroatoms. The van der Waals surface area contributed by atoms with E-state index in [4.69, 9.17) is 4.74 Å². The molecule has 0 saturated carbocycles. The average Bonchev–Trinajstić information content (AvgIpc) is 3.37. The van der Waals surface area contributed by atoms with E-state index in [1.54, 1.807) is 49.4 Å². The fourth-order valence-electron chi connectivity index (χ4n) is 3.37. The number of aromatic nitrogens is 3. The van der Waals surface area contributed by atoms with Crippen LogP contribution in [0.2, 0.25) is 0 Å². The van der Waals surface area contributed by atoms with E-state index in [9.17, 15) is 19.7 Å². The van der Waals surface area contributed by atoms with Gasteiger partial charge in [0.2, 0.25) is 0 Å². The van der Waals surface area contributed by atoms with Crippen LogP contribution in [0.5, 0.6) is 0 Å². The van der Waals surface area contributed by atoms with Crippen LogP contribution in [0.25, 0.3) is 23.0 Å². The SMILES string of the molecule is Cc1ccc(-c2cnnn2-c2ccc(C(=O)COC(=O)/C=C\c3ccccc3)cc2)cc1[N+](=O)[O-]. The Balaban J connectivity index is 1.44. The van der Waals surface area contributed by atoms with Crippen LogP contribution in [0.1, 0.15) is 21.5 Å². The van der Waals surface area contributed by atoms with Crippen LogP contribution in [0, 0.1) is 17.0 Å². The van der Waals surface area contributed by atoms with Crippen molar-refractivity contribution >= 4 is 23.5 Å². The van der Waals surface area contributed by atoms with Gasteiger partial charge in [-0.1, -0.05) is 47.7 Å². The maximum absolute atomic E-state index is 12.4. The lowest BCUT2D eigenvalue weighted by molar-refractivity contribution is -0.385. The van der Waals surface area contributed by atoms with Crippen LogP contribution in [0.3, 0.4) is 0 Å². The zero-order valence-electron chi connectivity index (χ0n) is 18.7. The van der Waals surface area contributed by atoms with Gasteiger partial charge in [-0.05, 0) is 42.8 Å². The molecule has 0 amide bonds. The number of Topliss-reactive ketones (excluding diaryl/α,β-unsaturated/α-hetero) is 1. The summed E-state index contributed by atoms with van der Waals surface area (Å²) in [7, 11) is 0. The molecular weight excluding hydrogens is 448 g/mol. The highest BCUT2D eigenvalue weighted by atomic mass is 16.6. The number of nitrogens with zero attached hydrogens (tertiary/aromatic N) is 4. The third-order valence-electron chi connectivity index (χ3n) is 5.24. The van der Waals surface area contributed by atoms with Crippen molar-refractivity contribution in [1.82, 2.24) is 15.0 Å². The van der Waals surface area contributed by atoms with Crippen LogP contribution in [-0.2, 0) is 9.53 Å². The minimum Gasteiger partial charge on any atom is -0.454 e. The summed E-state index contributed by atoms with van der Waals surface area (Å²) in [5, 5.41) is 19.3. The van der Waals surface area contributed by atoms with E-state index in [2.05, 4.69) is 10.3 Å². The molecule has 0 spiro atoms. The van der Waals surface area contributed by atoms with Crippen molar-refractivity contribution < 1.29 is 19.2 Å². The molecule has 0 aliphatic rings. The van der Waals surface area contributed by atoms with E-state index in [1.165, 1.54) is 23.0 Å². The maximum atomic E-state index is 12.4. The summed E-state index contributed by atoms with van der Waals surface area (Å²) in [6.45, 7) is 1.28. The lowest BCUT2D eigenvalue weighted by Gasteiger charge is -2.08. The lowest BCUT2D eigenvalue weighted by atomic mass is 10.1. The summed E-state index contributed by atoms with van der Waals surface area (Å²) in [5.41, 5.74) is 3.52. The third-order valence-corrected chi connectivity index (χ3v) is 5.24. The monoisotopic (exact) mass is 468 g/mol. The number of hydrogen-bond donors (Lipinski definition) is 0. The second-order valence-electron chi connectivity index (χ2n) is 7.61. The first-order chi connectivity index (χ1) is 16.9. The molecule has 0 saturated heterocycles. The molecule has 0 atom stereocenters. The minimum absolute atomic E-state index is 0.00403. The maximum Gasteiger partial charge on any atom is 0.331 e. The van der Waals surface area contributed by atoms with Gasteiger partial charge in [0.05, 0.1) is 22.5 Å². The molecule has 0 fully saturated rings. The molecule has 0 aliphatic heterocycles. The Morgan fingerprint density at radius 2 is 1.80 bits per heavy atom. The van der Waals surface area contributed by atoms with Gasteiger partial charge in [0.25, 0.3) is 5.69 Å². The molecule has 1 heterocycles. The average molecular weight is 468 g/mol. The lowest BCUT2D eigenvalue weighted by Crippen LogP contribution is -2.12. The summed E-state index contributed by atoms with van der Waals surface area (Å²) in [4.78, 5) is 35.2. The Morgan fingerprint density at radius 1 is 1.06 bits per heavy atom. The molecule has 1 aromatic heterocycles. The van der Waals surface area contributed by atoms with Crippen molar-refractivity contribution in [3.63, 3.8) is 0 Å². The van der Waals surface area contributed by atoms with Gasteiger partial charge in [0.1, 0.15) is 0 Å². The summed E-state index contributed by atoms with van der Waals surface area (Å²) in [6, 6.07) is 20.7. The Labute approximate surface area is 200 Å². The van der Waals surface area contributed by atoms with Gasteiger partial charge < -0.3 is 4.74 Å². The molecule has 4 aromatic rings. The Morgan fingerprint density at radius 3 is 2.51 bits per heavy atom. The molecule has 35 heavy (non-hydrogen) atoms. The highest BCUT2D eigenvalue weighted by Crippen LogP contribution is 2.27. The zero-order chi connectivity index (χ0) is 24.8. The van der Waals surface area contributed by atoms with Gasteiger partial charge in [-0.3, -0.25) is 14.9 Å². The number of carbonyl (C=O) groups excluding carboxylic acids is 2. The molecule has 174 valence electrons. The standard InChI is InChI=1S/C26H20N4O5/c1-18-7-9-21(15-23(18)30(33)34)24-16-27-28-29(24)22-12-10-20(11-13-22)25(31)17-35-26(32)14-8-19-5-3-2-4-6-19/h2-16H,17H2,1H3/b14-8-. The Hall–Kier alpha value is -4.92. The van der Waals surface area contributed by atoms with E-state index >= 15 is 0 Å². The fourth-order valence-corrected chi connectivity index (χ4v) is 3.37. The molecule has 0 bridgehead atoms. The fraction of sp³-hybridized carbons (Fsp3) is 0.0769. The predicted molar refractivity (Wildman–Crippen MR) is 129 cm³/mol. The van der Waals surface area contributed by atoms with Crippen molar-refractivity contribution in [2.45, 2.75) is 6.92 Å². The highest BCUT2D eigenvalue weighted by Gasteiger charge is 2.16. The number of aryl methyl sites for hydroxylation is 1. The zero-order valence-corrected chi connectivity index (χ0v) is 18.7. The largest absolute Gasteiger partial charge is 0.454 e. The number of nitro groups is 1. The van der Waals surface area contributed by atoms with Crippen LogP contribution in [0.15, 0.2) is 85.1 Å². The van der Waals surface area contributed by atoms with E-state index in [1.807, 2.05) is 30.3 Å². The predicted octanol–water partition coefficient (Wildman–Crippen LogP) is 4.59. The Kier molecular flexibility index (Phi) is 6.87. The van der Waals surface area contributed by atoms with Crippen LogP contribution < -0.4 is 0 Å². The quantitative estimate of drug-likeness (QED) is 0.122. The van der Waals surface area contributed by atoms with Crippen molar-refractivity contribution in [1.29, 1.82) is 0 Å². The van der Waals surface area contributed by atoms with Gasteiger partial charge >= 0.3 is 5.97 Å². The molecule has 4 rings (SSSR count). The third kappa shape index (κ3) is 5.53. The van der Waals surface area contributed by atoms with Crippen molar-refractivity contribution in [2.24, 2.45) is 0 Å². The Bertz CT molecular complexity index is 1410. The van der Waals surface area contributed by atoms with Crippen molar-refractivity contribution in [3.8, 4) is 16.9 Å². The molecular formula is C26H20N4O5. The van der Waals surface area contributed by atoms with Crippen LogP contribution in [0.4, 0.5) is 5.69 Å². The number of benzene rings is 3. The summed E-state index contributed by atoms with van der Waals surface area (Å²) >= 11 is 0. The number of nitro benzene ring substituents is 1. The van der Waals surface area contributed by atoms with E-state index in [-0.39, 0.29) is 18.1 Å². The molecule has 0 unspecified atom stereocenters. The first kappa shape index (κ1) is 23.2. The van der Waals surface area contributed by atoms with Crippen molar-refractivity contribution in [3.05, 3.63) is 112 Å². The molecule has 3 aromatic carbocycles. The molecule has 0 radical (unpaired) electrons. The van der Waals surface area contributed by atoms with E-state index in [0.717, 1.165) is 5.56 Å². The second kappa shape index (κ2) is 10.3. The number of rotatable bonds is 8.